The fourth-order valence-electron chi connectivity index (χ4n) is 3.52. The molecule has 0 atom stereocenters. The van der Waals surface area contributed by atoms with Crippen molar-refractivity contribution in [2.24, 2.45) is 0 Å². The zero-order chi connectivity index (χ0) is 26.4. The average Bonchev–Trinajstić information content (AvgIpc) is 3.13. The summed E-state index contributed by atoms with van der Waals surface area (Å²) in [6.07, 6.45) is 1.67. The van der Waals surface area contributed by atoms with Crippen LogP contribution in [0.4, 0.5) is 10.5 Å². The summed E-state index contributed by atoms with van der Waals surface area (Å²) in [7, 11) is 0. The third-order valence-corrected chi connectivity index (χ3v) is 7.68. The van der Waals surface area contributed by atoms with E-state index in [1.165, 1.54) is 4.90 Å². The van der Waals surface area contributed by atoms with Gasteiger partial charge in [0, 0.05) is 10.2 Å². The van der Waals surface area contributed by atoms with E-state index >= 15 is 0 Å². The van der Waals surface area contributed by atoms with Crippen molar-refractivity contribution >= 4 is 79.1 Å². The van der Waals surface area contributed by atoms with E-state index < -0.39 is 0 Å². The first kappa shape index (κ1) is 27.2. The number of imide groups is 1. The predicted molar refractivity (Wildman–Crippen MR) is 157 cm³/mol. The Morgan fingerprint density at radius 1 is 1.08 bits per heavy atom. The van der Waals surface area contributed by atoms with Crippen molar-refractivity contribution < 1.29 is 23.9 Å². The van der Waals surface area contributed by atoms with Crippen LogP contribution in [0.5, 0.6) is 11.5 Å². The molecule has 3 aromatic rings. The molecule has 1 heterocycles. The van der Waals surface area contributed by atoms with Crippen LogP contribution in [0, 0.1) is 3.57 Å². The Morgan fingerprint density at radius 2 is 1.81 bits per heavy atom. The van der Waals surface area contributed by atoms with Crippen LogP contribution >= 0.6 is 50.3 Å². The van der Waals surface area contributed by atoms with E-state index in [9.17, 15) is 14.4 Å². The number of carbonyl (C=O) groups is 3. The summed E-state index contributed by atoms with van der Waals surface area (Å²) in [6.45, 7) is 2.22. The Labute approximate surface area is 240 Å². The lowest BCUT2D eigenvalue weighted by Gasteiger charge is -2.15. The predicted octanol–water partition coefficient (Wildman–Crippen LogP) is 6.71. The molecule has 0 radical (unpaired) electrons. The third kappa shape index (κ3) is 6.93. The van der Waals surface area contributed by atoms with Gasteiger partial charge in [-0.15, -0.1) is 0 Å². The monoisotopic (exact) mass is 692 g/mol. The zero-order valence-corrected chi connectivity index (χ0v) is 24.3. The summed E-state index contributed by atoms with van der Waals surface area (Å²) in [5.74, 6) is 0.231. The molecule has 37 heavy (non-hydrogen) atoms. The SMILES string of the molecule is CCOc1cc(/C=C2\SC(=O)N(Cc3ccccc3Br)C2=O)cc(I)c1OCC(=O)Nc1ccccc1. The highest BCUT2D eigenvalue weighted by atomic mass is 127. The second-order valence-corrected chi connectivity index (χ2v) is 10.8. The molecule has 190 valence electrons. The van der Waals surface area contributed by atoms with Crippen molar-refractivity contribution in [3.05, 3.63) is 90.8 Å². The van der Waals surface area contributed by atoms with Gasteiger partial charge in [-0.05, 0) is 88.8 Å². The fourth-order valence-corrected chi connectivity index (χ4v) is 5.54. The average molecular weight is 693 g/mol. The minimum Gasteiger partial charge on any atom is -0.490 e. The lowest BCUT2D eigenvalue weighted by Crippen LogP contribution is -2.27. The number of rotatable bonds is 9. The van der Waals surface area contributed by atoms with Gasteiger partial charge in [0.2, 0.25) is 0 Å². The molecular formula is C27H22BrIN2O5S. The molecule has 10 heteroatoms. The van der Waals surface area contributed by atoms with Crippen molar-refractivity contribution in [1.82, 2.24) is 4.90 Å². The molecule has 0 aliphatic carbocycles. The van der Waals surface area contributed by atoms with Crippen LogP contribution in [0.3, 0.4) is 0 Å². The highest BCUT2D eigenvalue weighted by Crippen LogP contribution is 2.38. The van der Waals surface area contributed by atoms with Gasteiger partial charge in [-0.3, -0.25) is 19.3 Å². The van der Waals surface area contributed by atoms with Crippen LogP contribution < -0.4 is 14.8 Å². The summed E-state index contributed by atoms with van der Waals surface area (Å²) >= 11 is 6.47. The second kappa shape index (κ2) is 12.6. The number of benzene rings is 3. The van der Waals surface area contributed by atoms with Gasteiger partial charge in [-0.2, -0.15) is 0 Å². The van der Waals surface area contributed by atoms with E-state index in [1.807, 2.05) is 55.5 Å². The maximum Gasteiger partial charge on any atom is 0.293 e. The number of para-hydroxylation sites is 1. The van der Waals surface area contributed by atoms with Gasteiger partial charge in [-0.25, -0.2) is 0 Å². The van der Waals surface area contributed by atoms with E-state index in [4.69, 9.17) is 9.47 Å². The molecule has 1 N–H and O–H groups in total. The van der Waals surface area contributed by atoms with Crippen molar-refractivity contribution in [2.75, 3.05) is 18.5 Å². The molecule has 0 spiro atoms. The molecule has 1 saturated heterocycles. The van der Waals surface area contributed by atoms with Crippen molar-refractivity contribution in [3.8, 4) is 11.5 Å². The number of anilines is 1. The van der Waals surface area contributed by atoms with Crippen molar-refractivity contribution in [1.29, 1.82) is 0 Å². The number of carbonyl (C=O) groups excluding carboxylic acids is 3. The summed E-state index contributed by atoms with van der Waals surface area (Å²) in [6, 6.07) is 20.2. The van der Waals surface area contributed by atoms with Gasteiger partial charge in [0.1, 0.15) is 0 Å². The number of nitrogens with zero attached hydrogens (tertiary/aromatic N) is 1. The van der Waals surface area contributed by atoms with Crippen LogP contribution in [0.15, 0.2) is 76.1 Å². The lowest BCUT2D eigenvalue weighted by atomic mass is 10.1. The van der Waals surface area contributed by atoms with Gasteiger partial charge in [0.15, 0.2) is 18.1 Å². The van der Waals surface area contributed by atoms with Gasteiger partial charge < -0.3 is 14.8 Å². The minimum absolute atomic E-state index is 0.184. The number of thioether (sulfide) groups is 1. The molecule has 0 bridgehead atoms. The molecule has 4 rings (SSSR count). The van der Waals surface area contributed by atoms with Gasteiger partial charge in [-0.1, -0.05) is 52.3 Å². The van der Waals surface area contributed by atoms with Crippen LogP contribution in [-0.2, 0) is 16.1 Å². The summed E-state index contributed by atoms with van der Waals surface area (Å²) in [5, 5.41) is 2.46. The van der Waals surface area contributed by atoms with Gasteiger partial charge >= 0.3 is 0 Å². The minimum atomic E-state index is -0.350. The van der Waals surface area contributed by atoms with Crippen LogP contribution in [0.25, 0.3) is 6.08 Å². The molecule has 7 nitrogen and oxygen atoms in total. The Kier molecular flexibility index (Phi) is 9.28. The van der Waals surface area contributed by atoms with E-state index in [0.717, 1.165) is 21.8 Å². The molecule has 3 amide bonds. The van der Waals surface area contributed by atoms with Crippen LogP contribution in [-0.4, -0.2) is 35.2 Å². The van der Waals surface area contributed by atoms with E-state index in [-0.39, 0.29) is 30.2 Å². The number of hydrogen-bond acceptors (Lipinski definition) is 6. The maximum absolute atomic E-state index is 13.0. The number of nitrogens with one attached hydrogen (secondary N) is 1. The first-order valence-electron chi connectivity index (χ1n) is 11.3. The maximum atomic E-state index is 13.0. The second-order valence-electron chi connectivity index (χ2n) is 7.83. The number of ether oxygens (including phenoxy) is 2. The van der Waals surface area contributed by atoms with Crippen LogP contribution in [0.2, 0.25) is 0 Å². The molecular weight excluding hydrogens is 671 g/mol. The summed E-state index contributed by atoms with van der Waals surface area (Å²) < 4.78 is 13.1. The first-order valence-corrected chi connectivity index (χ1v) is 14.0. The van der Waals surface area contributed by atoms with Crippen molar-refractivity contribution in [2.45, 2.75) is 13.5 Å². The van der Waals surface area contributed by atoms with Crippen LogP contribution in [0.1, 0.15) is 18.1 Å². The molecule has 1 fully saturated rings. The van der Waals surface area contributed by atoms with Gasteiger partial charge in [0.05, 0.1) is 21.6 Å². The Morgan fingerprint density at radius 3 is 2.54 bits per heavy atom. The molecule has 3 aromatic carbocycles. The molecule has 1 aliphatic rings. The highest BCUT2D eigenvalue weighted by Gasteiger charge is 2.35. The number of halogens is 2. The standard InChI is InChI=1S/C27H22BrIN2O5S/c1-2-35-22-13-17(12-21(29)25(22)36-16-24(32)30-19-9-4-3-5-10-19)14-23-26(33)31(27(34)37-23)15-18-8-6-7-11-20(18)28/h3-14H,2,15-16H2,1H3,(H,30,32)/b23-14-. The molecule has 1 aliphatic heterocycles. The quantitative estimate of drug-likeness (QED) is 0.198. The zero-order valence-electron chi connectivity index (χ0n) is 19.7. The highest BCUT2D eigenvalue weighted by molar-refractivity contribution is 14.1. The molecule has 0 aromatic heterocycles. The third-order valence-electron chi connectivity index (χ3n) is 5.19. The Hall–Kier alpha value is -2.83. The Bertz CT molecular complexity index is 1370. The molecule has 0 unspecified atom stereocenters. The number of amides is 3. The van der Waals surface area contributed by atoms with E-state index in [1.54, 1.807) is 24.3 Å². The lowest BCUT2D eigenvalue weighted by molar-refractivity contribution is -0.123. The van der Waals surface area contributed by atoms with Gasteiger partial charge in [0.25, 0.3) is 17.1 Å². The topological polar surface area (TPSA) is 84.9 Å². The largest absolute Gasteiger partial charge is 0.490 e. The van der Waals surface area contributed by atoms with Crippen molar-refractivity contribution in [3.63, 3.8) is 0 Å². The molecule has 0 saturated carbocycles. The summed E-state index contributed by atoms with van der Waals surface area (Å²) in [5.41, 5.74) is 2.21. The first-order chi connectivity index (χ1) is 17.9. The smallest absolute Gasteiger partial charge is 0.293 e. The Balaban J connectivity index is 1.50. The van der Waals surface area contributed by atoms with E-state index in [2.05, 4.69) is 43.8 Å². The van der Waals surface area contributed by atoms with E-state index in [0.29, 0.717) is 37.8 Å². The number of hydrogen-bond donors (Lipinski definition) is 1. The normalized spacial score (nSPS) is 14.2. The fraction of sp³-hybridized carbons (Fsp3) is 0.148. The summed E-state index contributed by atoms with van der Waals surface area (Å²) in [4.78, 5) is 39.5.